The SMILES string of the molecule is O=C1CC2(CNC2)Oc2cc(Br)ccc21. The van der Waals surface area contributed by atoms with Crippen LogP contribution in [0.1, 0.15) is 16.8 Å². The highest BCUT2D eigenvalue weighted by Gasteiger charge is 2.45. The van der Waals surface area contributed by atoms with E-state index < -0.39 is 0 Å². The molecular formula is C11H10BrNO2. The quantitative estimate of drug-likeness (QED) is 0.779. The van der Waals surface area contributed by atoms with E-state index in [-0.39, 0.29) is 11.4 Å². The normalized spacial score (nSPS) is 21.8. The topological polar surface area (TPSA) is 38.3 Å². The number of Topliss-reactive ketones (excluding diaryl/α,β-unsaturated/α-hetero) is 1. The second-order valence-electron chi connectivity index (χ2n) is 4.13. The Kier molecular flexibility index (Phi) is 1.91. The third-order valence-corrected chi connectivity index (χ3v) is 3.44. The molecule has 15 heavy (non-hydrogen) atoms. The van der Waals surface area contributed by atoms with Gasteiger partial charge in [-0.25, -0.2) is 0 Å². The molecule has 1 fully saturated rings. The molecule has 0 saturated carbocycles. The predicted molar refractivity (Wildman–Crippen MR) is 59.3 cm³/mol. The minimum atomic E-state index is -0.273. The van der Waals surface area contributed by atoms with Crippen molar-refractivity contribution in [3.05, 3.63) is 28.2 Å². The standard InChI is InChI=1S/C11H10BrNO2/c12-7-1-2-8-9(14)4-11(5-13-6-11)15-10(8)3-7/h1-3,13H,4-6H2. The first-order valence-corrected chi connectivity index (χ1v) is 5.70. The summed E-state index contributed by atoms with van der Waals surface area (Å²) >= 11 is 3.38. The molecule has 0 unspecified atom stereocenters. The monoisotopic (exact) mass is 267 g/mol. The zero-order valence-electron chi connectivity index (χ0n) is 8.05. The molecule has 3 nitrogen and oxygen atoms in total. The maximum atomic E-state index is 11.9. The van der Waals surface area contributed by atoms with Gasteiger partial charge in [-0.3, -0.25) is 4.79 Å². The molecule has 0 atom stereocenters. The first-order chi connectivity index (χ1) is 7.19. The van der Waals surface area contributed by atoms with Crippen molar-refractivity contribution in [3.8, 4) is 5.75 Å². The minimum absolute atomic E-state index is 0.185. The van der Waals surface area contributed by atoms with Crippen molar-refractivity contribution in [2.45, 2.75) is 12.0 Å². The van der Waals surface area contributed by atoms with Crippen LogP contribution >= 0.6 is 15.9 Å². The van der Waals surface area contributed by atoms with E-state index in [2.05, 4.69) is 21.2 Å². The molecule has 1 aromatic rings. The third kappa shape index (κ3) is 1.40. The first-order valence-electron chi connectivity index (χ1n) is 4.91. The Balaban J connectivity index is 2.05. The van der Waals surface area contributed by atoms with Gasteiger partial charge in [0, 0.05) is 17.6 Å². The zero-order chi connectivity index (χ0) is 10.5. The molecule has 2 aliphatic rings. The van der Waals surface area contributed by atoms with Gasteiger partial charge >= 0.3 is 0 Å². The highest BCUT2D eigenvalue weighted by Crippen LogP contribution is 2.36. The van der Waals surface area contributed by atoms with E-state index >= 15 is 0 Å². The van der Waals surface area contributed by atoms with Crippen molar-refractivity contribution in [2.24, 2.45) is 0 Å². The highest BCUT2D eigenvalue weighted by molar-refractivity contribution is 9.10. The Morgan fingerprint density at radius 2 is 2.20 bits per heavy atom. The van der Waals surface area contributed by atoms with Gasteiger partial charge in [0.2, 0.25) is 0 Å². The summed E-state index contributed by atoms with van der Waals surface area (Å²) in [6.07, 6.45) is 0.495. The number of ether oxygens (including phenoxy) is 1. The summed E-state index contributed by atoms with van der Waals surface area (Å²) < 4.78 is 6.84. The van der Waals surface area contributed by atoms with Gasteiger partial charge in [0.25, 0.3) is 0 Å². The number of rotatable bonds is 0. The summed E-state index contributed by atoms with van der Waals surface area (Å²) in [6, 6.07) is 5.56. The Labute approximate surface area is 95.9 Å². The summed E-state index contributed by atoms with van der Waals surface area (Å²) in [7, 11) is 0. The number of fused-ring (bicyclic) bond motifs is 1. The van der Waals surface area contributed by atoms with E-state index in [0.717, 1.165) is 17.6 Å². The maximum absolute atomic E-state index is 11.9. The van der Waals surface area contributed by atoms with E-state index in [4.69, 9.17) is 4.74 Å². The van der Waals surface area contributed by atoms with Crippen molar-refractivity contribution >= 4 is 21.7 Å². The van der Waals surface area contributed by atoms with Crippen LogP contribution in [0.3, 0.4) is 0 Å². The molecule has 1 N–H and O–H groups in total. The molecule has 0 amide bonds. The lowest BCUT2D eigenvalue weighted by Gasteiger charge is -2.44. The molecule has 0 aromatic heterocycles. The number of hydrogen-bond donors (Lipinski definition) is 1. The summed E-state index contributed by atoms with van der Waals surface area (Å²) in [5.41, 5.74) is 0.431. The van der Waals surface area contributed by atoms with Crippen molar-refractivity contribution in [1.82, 2.24) is 5.32 Å². The summed E-state index contributed by atoms with van der Waals surface area (Å²) in [4.78, 5) is 11.9. The van der Waals surface area contributed by atoms with E-state index in [1.54, 1.807) is 0 Å². The molecule has 4 heteroatoms. The molecule has 1 aromatic carbocycles. The van der Waals surface area contributed by atoms with Crippen LogP contribution in [0.15, 0.2) is 22.7 Å². The molecule has 2 aliphatic heterocycles. The smallest absolute Gasteiger partial charge is 0.170 e. The lowest BCUT2D eigenvalue weighted by molar-refractivity contribution is 0.00237. The lowest BCUT2D eigenvalue weighted by atomic mass is 9.85. The average molecular weight is 268 g/mol. The fraction of sp³-hybridized carbons (Fsp3) is 0.364. The molecule has 3 rings (SSSR count). The molecular weight excluding hydrogens is 258 g/mol. The predicted octanol–water partition coefficient (Wildman–Crippen LogP) is 1.76. The van der Waals surface area contributed by atoms with Crippen LogP contribution in [0.5, 0.6) is 5.75 Å². The minimum Gasteiger partial charge on any atom is -0.483 e. The van der Waals surface area contributed by atoms with E-state index in [9.17, 15) is 4.79 Å². The molecule has 2 heterocycles. The number of hydrogen-bond acceptors (Lipinski definition) is 3. The van der Waals surface area contributed by atoms with Crippen LogP contribution in [0.25, 0.3) is 0 Å². The van der Waals surface area contributed by atoms with E-state index in [1.165, 1.54) is 0 Å². The van der Waals surface area contributed by atoms with Crippen molar-refractivity contribution in [2.75, 3.05) is 13.1 Å². The number of halogens is 1. The van der Waals surface area contributed by atoms with Crippen LogP contribution in [0.4, 0.5) is 0 Å². The van der Waals surface area contributed by atoms with Gasteiger partial charge in [0.05, 0.1) is 12.0 Å². The second kappa shape index (κ2) is 3.06. The summed E-state index contributed by atoms with van der Waals surface area (Å²) in [6.45, 7) is 1.54. The number of ketones is 1. The van der Waals surface area contributed by atoms with Gasteiger partial charge in [0.1, 0.15) is 11.4 Å². The van der Waals surface area contributed by atoms with Crippen molar-refractivity contribution in [3.63, 3.8) is 0 Å². The maximum Gasteiger partial charge on any atom is 0.170 e. The Morgan fingerprint density at radius 3 is 2.87 bits per heavy atom. The van der Waals surface area contributed by atoms with Gasteiger partial charge in [-0.15, -0.1) is 0 Å². The molecule has 1 saturated heterocycles. The number of carbonyl (C=O) groups excluding carboxylic acids is 1. The third-order valence-electron chi connectivity index (χ3n) is 2.95. The van der Waals surface area contributed by atoms with Crippen LogP contribution in [0.2, 0.25) is 0 Å². The summed E-state index contributed by atoms with van der Waals surface area (Å²) in [5.74, 6) is 0.896. The fourth-order valence-electron chi connectivity index (χ4n) is 2.07. The zero-order valence-corrected chi connectivity index (χ0v) is 9.63. The largest absolute Gasteiger partial charge is 0.483 e. The Hall–Kier alpha value is -0.870. The van der Waals surface area contributed by atoms with Crippen LogP contribution < -0.4 is 10.1 Å². The summed E-state index contributed by atoms with van der Waals surface area (Å²) in [5, 5.41) is 3.15. The van der Waals surface area contributed by atoms with Gasteiger partial charge in [-0.1, -0.05) is 15.9 Å². The van der Waals surface area contributed by atoms with Gasteiger partial charge in [-0.05, 0) is 18.2 Å². The molecule has 78 valence electrons. The molecule has 1 spiro atoms. The molecule has 0 bridgehead atoms. The first kappa shape index (κ1) is 9.36. The van der Waals surface area contributed by atoms with Gasteiger partial charge in [0.15, 0.2) is 5.78 Å². The van der Waals surface area contributed by atoms with Gasteiger partial charge < -0.3 is 10.1 Å². The Morgan fingerprint density at radius 1 is 1.40 bits per heavy atom. The van der Waals surface area contributed by atoms with Crippen LogP contribution in [-0.4, -0.2) is 24.5 Å². The lowest BCUT2D eigenvalue weighted by Crippen LogP contribution is -2.65. The molecule has 0 aliphatic carbocycles. The van der Waals surface area contributed by atoms with E-state index in [0.29, 0.717) is 17.7 Å². The van der Waals surface area contributed by atoms with Gasteiger partial charge in [-0.2, -0.15) is 0 Å². The van der Waals surface area contributed by atoms with Crippen molar-refractivity contribution < 1.29 is 9.53 Å². The van der Waals surface area contributed by atoms with Crippen molar-refractivity contribution in [1.29, 1.82) is 0 Å². The second-order valence-corrected chi connectivity index (χ2v) is 5.04. The Bertz CT molecular complexity index is 440. The highest BCUT2D eigenvalue weighted by atomic mass is 79.9. The number of benzene rings is 1. The average Bonchev–Trinajstić information content (AvgIpc) is 2.14. The van der Waals surface area contributed by atoms with Crippen LogP contribution in [0, 0.1) is 0 Å². The number of nitrogens with one attached hydrogen (secondary N) is 1. The van der Waals surface area contributed by atoms with Crippen LogP contribution in [-0.2, 0) is 0 Å². The number of carbonyl (C=O) groups is 1. The molecule has 0 radical (unpaired) electrons. The fourth-order valence-corrected chi connectivity index (χ4v) is 2.41. The van der Waals surface area contributed by atoms with E-state index in [1.807, 2.05) is 18.2 Å².